The molecule has 7 heteroatoms. The van der Waals surface area contributed by atoms with Crippen molar-refractivity contribution in [1.29, 1.82) is 0 Å². The second-order valence-electron chi connectivity index (χ2n) is 7.23. The van der Waals surface area contributed by atoms with E-state index < -0.39 is 26.3 Å². The molecule has 33 heavy (non-hydrogen) atoms. The lowest BCUT2D eigenvalue weighted by Gasteiger charge is -2.24. The number of carbonyl (C=O) groups is 1. The number of hydrogen-bond acceptors (Lipinski definition) is 4. The molecule has 0 unspecified atom stereocenters. The third-order valence-corrected chi connectivity index (χ3v) is 7.98. The summed E-state index contributed by atoms with van der Waals surface area (Å²) >= 11 is 0. The first-order chi connectivity index (χ1) is 15.9. The zero-order valence-electron chi connectivity index (χ0n) is 17.5. The predicted molar refractivity (Wildman–Crippen MR) is 130 cm³/mol. The Hall–Kier alpha value is -3.39. The van der Waals surface area contributed by atoms with Gasteiger partial charge in [0, 0.05) is 0 Å². The highest BCUT2D eigenvalue weighted by atomic mass is 32.2. The minimum Gasteiger partial charge on any atom is -0.448 e. The molecule has 0 bridgehead atoms. The van der Waals surface area contributed by atoms with Crippen LogP contribution in [0.5, 0.6) is 0 Å². The zero-order chi connectivity index (χ0) is 23.3. The third-order valence-electron chi connectivity index (χ3n) is 5.02. The van der Waals surface area contributed by atoms with Gasteiger partial charge >= 0.3 is 15.4 Å². The van der Waals surface area contributed by atoms with Gasteiger partial charge in [-0.25, -0.2) is 4.79 Å². The largest absolute Gasteiger partial charge is 0.452 e. The van der Waals surface area contributed by atoms with Crippen molar-refractivity contribution in [1.82, 2.24) is 0 Å². The van der Waals surface area contributed by atoms with Crippen molar-refractivity contribution in [2.75, 3.05) is 0 Å². The summed E-state index contributed by atoms with van der Waals surface area (Å²) in [5.74, 6) is 0. The summed E-state index contributed by atoms with van der Waals surface area (Å²) in [4.78, 5) is 15.1. The molecule has 168 valence electrons. The van der Waals surface area contributed by atoms with Crippen molar-refractivity contribution >= 4 is 26.3 Å². The minimum absolute atomic E-state index is 0.273. The van der Waals surface area contributed by atoms with Gasteiger partial charge in [-0.05, 0) is 67.8 Å². The summed E-state index contributed by atoms with van der Waals surface area (Å²) < 4.78 is 35.6. The van der Waals surface area contributed by atoms with E-state index in [0.29, 0.717) is 5.56 Å². The first kappa shape index (κ1) is 22.8. The van der Waals surface area contributed by atoms with Crippen LogP contribution in [0.1, 0.15) is 5.56 Å². The van der Waals surface area contributed by atoms with Gasteiger partial charge in [-0.15, -0.1) is 0 Å². The molecular weight excluding hydrogens is 456 g/mol. The first-order valence-electron chi connectivity index (χ1n) is 10.2. The van der Waals surface area contributed by atoms with Crippen molar-refractivity contribution in [2.45, 2.75) is 21.3 Å². The van der Waals surface area contributed by atoms with Crippen LogP contribution in [0.25, 0.3) is 11.1 Å². The van der Waals surface area contributed by atoms with E-state index in [2.05, 4.69) is 36.4 Å². The monoisotopic (exact) mass is 478 g/mol. The van der Waals surface area contributed by atoms with Crippen molar-refractivity contribution in [3.63, 3.8) is 0 Å². The number of rotatable bonds is 6. The van der Waals surface area contributed by atoms with Gasteiger partial charge in [-0.3, -0.25) is 4.55 Å². The van der Waals surface area contributed by atoms with E-state index in [9.17, 15) is 13.2 Å². The molecule has 0 atom stereocenters. The van der Waals surface area contributed by atoms with Crippen molar-refractivity contribution in [3.05, 3.63) is 115 Å². The van der Waals surface area contributed by atoms with Crippen LogP contribution < -0.4 is 0 Å². The Morgan fingerprint density at radius 1 is 0.727 bits per heavy atom. The molecule has 0 aliphatic rings. The quantitative estimate of drug-likeness (QED) is 0.192. The van der Waals surface area contributed by atoms with E-state index in [-0.39, 0.29) is 6.61 Å². The summed E-state index contributed by atoms with van der Waals surface area (Å²) in [7, 11) is -5.68. The van der Waals surface area contributed by atoms with Gasteiger partial charge in [0.1, 0.15) is 6.61 Å². The highest BCUT2D eigenvalue weighted by Gasteiger charge is 2.21. The van der Waals surface area contributed by atoms with Gasteiger partial charge in [0.15, 0.2) is 0 Å². The number of benzene rings is 4. The molecule has 0 fully saturated rings. The number of ether oxygens (including phenoxy) is 1. The molecule has 0 amide bonds. The Kier molecular flexibility index (Phi) is 6.93. The number of thiol groups is 1. The molecule has 0 saturated carbocycles. The van der Waals surface area contributed by atoms with Crippen LogP contribution in [0.4, 0.5) is 4.79 Å². The molecule has 4 aromatic carbocycles. The predicted octanol–water partition coefficient (Wildman–Crippen LogP) is 6.36. The second kappa shape index (κ2) is 10.0. The van der Waals surface area contributed by atoms with Gasteiger partial charge in [0.05, 0.1) is 0 Å². The Bertz CT molecular complexity index is 1310. The fourth-order valence-electron chi connectivity index (χ4n) is 3.55. The molecule has 0 spiro atoms. The normalized spacial score (nSPS) is 11.6. The van der Waals surface area contributed by atoms with Crippen molar-refractivity contribution in [2.24, 2.45) is 0 Å². The number of hydrogen-bond donors (Lipinski definition) is 2. The fraction of sp³-hybridized carbons (Fsp3) is 0.0385. The van der Waals surface area contributed by atoms with Crippen LogP contribution in [-0.4, -0.2) is 18.3 Å². The first-order valence-corrected chi connectivity index (χ1v) is 12.9. The lowest BCUT2D eigenvalue weighted by Crippen LogP contribution is -2.15. The molecule has 5 nitrogen and oxygen atoms in total. The van der Waals surface area contributed by atoms with Crippen molar-refractivity contribution < 1.29 is 22.5 Å². The SMILES string of the molecule is O=C(OCc1ccccc1-c1cccc([SH](c2ccccc2)c2ccccc2)c1)S(=O)(=O)O. The smallest absolute Gasteiger partial charge is 0.448 e. The third kappa shape index (κ3) is 5.51. The standard InChI is InChI=1S/C26H22O5S2/c27-26(33(28,29)30)31-19-21-10-7-8-17-25(21)20-11-9-16-24(18-20)32(22-12-3-1-4-13-22)23-14-5-2-6-15-23/h1-18,32H,19H2,(H,28,29,30). The lowest BCUT2D eigenvalue weighted by atomic mass is 10.0. The van der Waals surface area contributed by atoms with E-state index in [0.717, 1.165) is 16.0 Å². The minimum atomic E-state index is -4.89. The molecule has 0 saturated heterocycles. The van der Waals surface area contributed by atoms with Crippen LogP contribution in [-0.2, 0) is 21.5 Å². The summed E-state index contributed by atoms with van der Waals surface area (Å²) in [6.45, 7) is -0.273. The Morgan fingerprint density at radius 2 is 1.27 bits per heavy atom. The van der Waals surface area contributed by atoms with E-state index >= 15 is 0 Å². The summed E-state index contributed by atoms with van der Waals surface area (Å²) in [6.07, 6.45) is 0. The highest BCUT2D eigenvalue weighted by molar-refractivity contribution is 8.17. The highest BCUT2D eigenvalue weighted by Crippen LogP contribution is 2.51. The molecule has 0 aromatic heterocycles. The Morgan fingerprint density at radius 3 is 1.88 bits per heavy atom. The van der Waals surface area contributed by atoms with Crippen LogP contribution in [0, 0.1) is 0 Å². The molecule has 0 radical (unpaired) electrons. The van der Waals surface area contributed by atoms with Gasteiger partial charge in [0.2, 0.25) is 0 Å². The van der Waals surface area contributed by atoms with E-state index in [1.165, 1.54) is 9.79 Å². The molecule has 4 rings (SSSR count). The molecule has 4 aromatic rings. The molecule has 0 aliphatic carbocycles. The van der Waals surface area contributed by atoms with E-state index in [1.54, 1.807) is 12.1 Å². The van der Waals surface area contributed by atoms with Crippen LogP contribution >= 0.6 is 10.9 Å². The molecule has 0 heterocycles. The summed E-state index contributed by atoms with van der Waals surface area (Å²) in [5, 5.41) is -1.66. The van der Waals surface area contributed by atoms with Gasteiger partial charge in [0.25, 0.3) is 0 Å². The lowest BCUT2D eigenvalue weighted by molar-refractivity contribution is 0.163. The maximum Gasteiger partial charge on any atom is 0.452 e. The van der Waals surface area contributed by atoms with Gasteiger partial charge in [-0.2, -0.15) is 19.3 Å². The maximum atomic E-state index is 11.5. The average Bonchev–Trinajstić information content (AvgIpc) is 2.84. The van der Waals surface area contributed by atoms with Crippen molar-refractivity contribution in [3.8, 4) is 11.1 Å². The Balaban J connectivity index is 1.73. The summed E-state index contributed by atoms with van der Waals surface area (Å²) in [6, 6.07) is 36.2. The molecular formula is C26H22O5S2. The van der Waals surface area contributed by atoms with Gasteiger partial charge < -0.3 is 4.74 Å². The summed E-state index contributed by atoms with van der Waals surface area (Å²) in [5.41, 5.74) is 2.37. The van der Waals surface area contributed by atoms with Crippen LogP contribution in [0.3, 0.4) is 0 Å². The molecule has 1 N–H and O–H groups in total. The number of carbonyl (C=O) groups excluding carboxylic acids is 1. The average molecular weight is 479 g/mol. The molecule has 0 aliphatic heterocycles. The second-order valence-corrected chi connectivity index (χ2v) is 10.7. The van der Waals surface area contributed by atoms with Gasteiger partial charge in [-0.1, -0.05) is 72.8 Å². The topological polar surface area (TPSA) is 80.7 Å². The fourth-order valence-corrected chi connectivity index (χ4v) is 6.10. The Labute approximate surface area is 195 Å². The zero-order valence-corrected chi connectivity index (χ0v) is 19.2. The maximum absolute atomic E-state index is 11.5. The van der Waals surface area contributed by atoms with E-state index in [1.807, 2.05) is 60.7 Å². The van der Waals surface area contributed by atoms with Crippen LogP contribution in [0.2, 0.25) is 0 Å². The van der Waals surface area contributed by atoms with E-state index in [4.69, 9.17) is 9.29 Å². The van der Waals surface area contributed by atoms with Crippen LogP contribution in [0.15, 0.2) is 124 Å².